The minimum absolute atomic E-state index is 1.23. The fraction of sp³-hybridized carbons (Fsp3) is 0. The minimum atomic E-state index is 1.23. The average molecular weight is 583 g/mol. The van der Waals surface area contributed by atoms with Crippen molar-refractivity contribution >= 4 is 43.1 Å². The molecular weight excluding hydrogens is 553 g/mol. The van der Waals surface area contributed by atoms with Crippen molar-refractivity contribution in [2.75, 3.05) is 0 Å². The maximum atomic E-state index is 2.32. The second-order valence-corrected chi connectivity index (χ2v) is 12.2. The van der Waals surface area contributed by atoms with E-state index in [0.717, 1.165) is 0 Å². The molecule has 0 aliphatic rings. The van der Waals surface area contributed by atoms with E-state index in [1.807, 2.05) is 0 Å². The van der Waals surface area contributed by atoms with Gasteiger partial charge in [-0.2, -0.15) is 0 Å². The summed E-state index contributed by atoms with van der Waals surface area (Å²) in [6, 6.07) is 66.6. The van der Waals surface area contributed by atoms with Crippen molar-refractivity contribution < 1.29 is 0 Å². The largest absolute Gasteiger partial charge is 0.0616 e. The van der Waals surface area contributed by atoms with Gasteiger partial charge in [0.2, 0.25) is 0 Å². The molecule has 0 radical (unpaired) electrons. The van der Waals surface area contributed by atoms with Crippen molar-refractivity contribution in [3.05, 3.63) is 182 Å². The predicted octanol–water partition coefficient (Wildman–Crippen LogP) is 13.0. The first kappa shape index (κ1) is 26.4. The Balaban J connectivity index is 1.02. The lowest BCUT2D eigenvalue weighted by Gasteiger charge is -2.11. The van der Waals surface area contributed by atoms with Gasteiger partial charge in [-0.15, -0.1) is 0 Å². The van der Waals surface area contributed by atoms with Gasteiger partial charge in [-0.3, -0.25) is 0 Å². The third-order valence-corrected chi connectivity index (χ3v) is 9.39. The first-order chi connectivity index (χ1) is 22.7. The predicted molar refractivity (Wildman–Crippen MR) is 198 cm³/mol. The van der Waals surface area contributed by atoms with Crippen LogP contribution < -0.4 is 0 Å². The standard InChI is InChI=1S/C46H30/c1-2-9-33-25-36(16-15-31(33)7-1)34-11-5-12-35(26-34)37-17-18-39-28-40(20-19-38(39)27-37)41-21-22-43-30-44(24-23-42(43)29-41)46-14-6-10-32-8-3-4-13-45(32)46/h1-30H. The molecule has 0 heteroatoms. The Morgan fingerprint density at radius 3 is 1.15 bits per heavy atom. The minimum Gasteiger partial charge on any atom is -0.0616 e. The maximum Gasteiger partial charge on any atom is -0.0105 e. The van der Waals surface area contributed by atoms with E-state index in [4.69, 9.17) is 0 Å². The van der Waals surface area contributed by atoms with E-state index in [2.05, 4.69) is 182 Å². The van der Waals surface area contributed by atoms with Crippen LogP contribution in [0.4, 0.5) is 0 Å². The SMILES string of the molecule is c1cc(-c2ccc3ccccc3c2)cc(-c2ccc3cc(-c4ccc5cc(-c6cccc7ccccc67)ccc5c4)ccc3c2)c1. The lowest BCUT2D eigenvalue weighted by molar-refractivity contribution is 1.61. The third-order valence-electron chi connectivity index (χ3n) is 9.39. The first-order valence-electron chi connectivity index (χ1n) is 15.9. The summed E-state index contributed by atoms with van der Waals surface area (Å²) in [6.45, 7) is 0. The Labute approximate surface area is 268 Å². The van der Waals surface area contributed by atoms with Crippen molar-refractivity contribution in [1.82, 2.24) is 0 Å². The van der Waals surface area contributed by atoms with Gasteiger partial charge in [0.15, 0.2) is 0 Å². The van der Waals surface area contributed by atoms with Crippen LogP contribution in [0.2, 0.25) is 0 Å². The molecule has 0 aliphatic carbocycles. The summed E-state index contributed by atoms with van der Waals surface area (Å²) in [6.07, 6.45) is 0. The molecule has 46 heavy (non-hydrogen) atoms. The highest BCUT2D eigenvalue weighted by molar-refractivity contribution is 6.00. The number of rotatable bonds is 4. The summed E-state index contributed by atoms with van der Waals surface area (Å²) in [7, 11) is 0. The molecule has 0 fully saturated rings. The van der Waals surface area contributed by atoms with Gasteiger partial charge in [0.05, 0.1) is 0 Å². The number of fused-ring (bicyclic) bond motifs is 4. The zero-order valence-electron chi connectivity index (χ0n) is 25.3. The summed E-state index contributed by atoms with van der Waals surface area (Å²) in [5.41, 5.74) is 9.94. The molecule has 0 bridgehead atoms. The summed E-state index contributed by atoms with van der Waals surface area (Å²) in [5.74, 6) is 0. The van der Waals surface area contributed by atoms with Crippen LogP contribution in [-0.2, 0) is 0 Å². The van der Waals surface area contributed by atoms with Gasteiger partial charge in [-0.1, -0.05) is 146 Å². The number of hydrogen-bond donors (Lipinski definition) is 0. The van der Waals surface area contributed by atoms with E-state index in [-0.39, 0.29) is 0 Å². The van der Waals surface area contributed by atoms with Crippen molar-refractivity contribution in [3.63, 3.8) is 0 Å². The van der Waals surface area contributed by atoms with Crippen LogP contribution in [0.25, 0.3) is 87.6 Å². The van der Waals surface area contributed by atoms with Gasteiger partial charge < -0.3 is 0 Å². The lowest BCUT2D eigenvalue weighted by Crippen LogP contribution is -1.85. The highest BCUT2D eigenvalue weighted by Crippen LogP contribution is 2.35. The normalized spacial score (nSPS) is 11.5. The van der Waals surface area contributed by atoms with E-state index in [9.17, 15) is 0 Å². The van der Waals surface area contributed by atoms with Gasteiger partial charge >= 0.3 is 0 Å². The Kier molecular flexibility index (Phi) is 6.25. The van der Waals surface area contributed by atoms with Gasteiger partial charge in [-0.05, 0) is 124 Å². The summed E-state index contributed by atoms with van der Waals surface area (Å²) in [5, 5.41) is 10.1. The maximum absolute atomic E-state index is 2.32. The highest BCUT2D eigenvalue weighted by atomic mass is 14.1. The number of hydrogen-bond acceptors (Lipinski definition) is 0. The lowest BCUT2D eigenvalue weighted by atomic mass is 9.93. The molecule has 214 valence electrons. The van der Waals surface area contributed by atoms with E-state index >= 15 is 0 Å². The van der Waals surface area contributed by atoms with Crippen molar-refractivity contribution in [1.29, 1.82) is 0 Å². The first-order valence-corrected chi connectivity index (χ1v) is 15.9. The second-order valence-electron chi connectivity index (χ2n) is 12.2. The molecule has 9 rings (SSSR count). The quantitative estimate of drug-likeness (QED) is 0.194. The van der Waals surface area contributed by atoms with Crippen LogP contribution in [0, 0.1) is 0 Å². The smallest absolute Gasteiger partial charge is 0.0105 e. The van der Waals surface area contributed by atoms with Crippen LogP contribution in [0.15, 0.2) is 182 Å². The van der Waals surface area contributed by atoms with Crippen molar-refractivity contribution in [3.8, 4) is 44.5 Å². The van der Waals surface area contributed by atoms with E-state index in [1.54, 1.807) is 0 Å². The molecule has 0 unspecified atom stereocenters. The Morgan fingerprint density at radius 1 is 0.196 bits per heavy atom. The Morgan fingerprint density at radius 2 is 0.565 bits per heavy atom. The molecule has 0 aromatic heterocycles. The molecule has 0 atom stereocenters. The highest BCUT2D eigenvalue weighted by Gasteiger charge is 2.08. The zero-order chi connectivity index (χ0) is 30.5. The van der Waals surface area contributed by atoms with E-state index < -0.39 is 0 Å². The van der Waals surface area contributed by atoms with Gasteiger partial charge in [0.25, 0.3) is 0 Å². The third kappa shape index (κ3) is 4.72. The molecule has 0 aliphatic heterocycles. The molecule has 0 spiro atoms. The van der Waals surface area contributed by atoms with Crippen molar-refractivity contribution in [2.45, 2.75) is 0 Å². The van der Waals surface area contributed by atoms with Crippen LogP contribution in [0.1, 0.15) is 0 Å². The number of benzene rings is 9. The van der Waals surface area contributed by atoms with Crippen LogP contribution in [0.3, 0.4) is 0 Å². The molecule has 9 aromatic rings. The fourth-order valence-electron chi connectivity index (χ4n) is 6.92. The summed E-state index contributed by atoms with van der Waals surface area (Å²) < 4.78 is 0. The van der Waals surface area contributed by atoms with Gasteiger partial charge in [0, 0.05) is 0 Å². The fourth-order valence-corrected chi connectivity index (χ4v) is 6.92. The molecule has 9 aromatic carbocycles. The topological polar surface area (TPSA) is 0 Å². The van der Waals surface area contributed by atoms with Gasteiger partial charge in [0.1, 0.15) is 0 Å². The van der Waals surface area contributed by atoms with Crippen molar-refractivity contribution in [2.24, 2.45) is 0 Å². The second kappa shape index (κ2) is 10.9. The van der Waals surface area contributed by atoms with E-state index in [0.29, 0.717) is 0 Å². The molecule has 0 amide bonds. The zero-order valence-corrected chi connectivity index (χ0v) is 25.3. The van der Waals surface area contributed by atoms with Crippen LogP contribution in [-0.4, -0.2) is 0 Å². The molecule has 0 saturated carbocycles. The average Bonchev–Trinajstić information content (AvgIpc) is 3.13. The molecule has 0 nitrogen and oxygen atoms in total. The monoisotopic (exact) mass is 582 g/mol. The molecule has 0 N–H and O–H groups in total. The molecule has 0 heterocycles. The Hall–Kier alpha value is -5.98. The Bertz CT molecular complexity index is 2580. The molecule has 0 saturated heterocycles. The van der Waals surface area contributed by atoms with Gasteiger partial charge in [-0.25, -0.2) is 0 Å². The van der Waals surface area contributed by atoms with E-state index in [1.165, 1.54) is 87.6 Å². The van der Waals surface area contributed by atoms with Crippen LogP contribution in [0.5, 0.6) is 0 Å². The summed E-state index contributed by atoms with van der Waals surface area (Å²) >= 11 is 0. The van der Waals surface area contributed by atoms with Crippen LogP contribution >= 0.6 is 0 Å². The molecular formula is C46H30. The summed E-state index contributed by atoms with van der Waals surface area (Å²) in [4.78, 5) is 0.